The van der Waals surface area contributed by atoms with Crippen molar-refractivity contribution >= 4 is 11.3 Å². The van der Waals surface area contributed by atoms with Gasteiger partial charge >= 0.3 is 5.69 Å². The van der Waals surface area contributed by atoms with Gasteiger partial charge in [-0.05, 0) is 0 Å². The molecule has 7 nitrogen and oxygen atoms in total. The van der Waals surface area contributed by atoms with Gasteiger partial charge in [0.1, 0.15) is 5.82 Å². The van der Waals surface area contributed by atoms with E-state index in [-0.39, 0.29) is 5.69 Å². The number of benzene rings is 1. The van der Waals surface area contributed by atoms with Crippen LogP contribution in [0, 0.1) is 0 Å². The van der Waals surface area contributed by atoms with Crippen molar-refractivity contribution in [1.29, 1.82) is 0 Å². The van der Waals surface area contributed by atoms with Crippen LogP contribution in [0.3, 0.4) is 0 Å². The molecule has 1 N–H and O–H groups in total. The highest BCUT2D eigenvalue weighted by Crippen LogP contribution is 2.27. The van der Waals surface area contributed by atoms with Gasteiger partial charge < -0.3 is 4.57 Å². The van der Waals surface area contributed by atoms with E-state index in [0.29, 0.717) is 18.8 Å². The lowest BCUT2D eigenvalue weighted by atomic mass is 10.2. The van der Waals surface area contributed by atoms with E-state index in [4.69, 9.17) is 4.98 Å². The van der Waals surface area contributed by atoms with E-state index in [9.17, 15) is 4.79 Å². The Morgan fingerprint density at radius 1 is 1.24 bits per heavy atom. The van der Waals surface area contributed by atoms with E-state index in [1.165, 1.54) is 4.57 Å². The van der Waals surface area contributed by atoms with Crippen molar-refractivity contribution in [1.82, 2.24) is 29.3 Å². The highest BCUT2D eigenvalue weighted by Gasteiger charge is 2.13. The summed E-state index contributed by atoms with van der Waals surface area (Å²) < 4.78 is 3.56. The molecule has 0 saturated carbocycles. The number of hydrogen-bond acceptors (Lipinski definition) is 5. The first-order valence-electron chi connectivity index (χ1n) is 7.85. The second-order valence-electron chi connectivity index (χ2n) is 5.60. The molecule has 0 aliphatic carbocycles. The minimum atomic E-state index is -0.201. The minimum absolute atomic E-state index is 0.201. The zero-order valence-electron chi connectivity index (χ0n) is 13.6. The molecule has 3 aromatic heterocycles. The fourth-order valence-corrected chi connectivity index (χ4v) is 3.47. The second-order valence-corrected chi connectivity index (χ2v) is 6.46. The summed E-state index contributed by atoms with van der Waals surface area (Å²) in [5, 5.41) is 9.41. The highest BCUT2D eigenvalue weighted by molar-refractivity contribution is 7.13. The van der Waals surface area contributed by atoms with Crippen LogP contribution in [0.1, 0.15) is 5.82 Å². The van der Waals surface area contributed by atoms with Crippen LogP contribution in [0.5, 0.6) is 0 Å². The molecule has 4 aromatic rings. The van der Waals surface area contributed by atoms with Crippen molar-refractivity contribution in [3.8, 4) is 22.1 Å². The van der Waals surface area contributed by atoms with Gasteiger partial charge in [-0.15, -0.1) is 11.3 Å². The highest BCUT2D eigenvalue weighted by atomic mass is 32.1. The molecular formula is C17H16N6OS. The number of hydrogen-bond donors (Lipinski definition) is 1. The number of aromatic amines is 1. The lowest BCUT2D eigenvalue weighted by Gasteiger charge is -2.05. The number of nitrogens with zero attached hydrogens (tertiary/aromatic N) is 5. The van der Waals surface area contributed by atoms with Gasteiger partial charge in [0.05, 0.1) is 5.69 Å². The normalized spacial score (nSPS) is 11.1. The number of imidazole rings is 1. The quantitative estimate of drug-likeness (QED) is 0.598. The Morgan fingerprint density at radius 3 is 2.84 bits per heavy atom. The fraction of sp³-hybridized carbons (Fsp3) is 0.176. The maximum absolute atomic E-state index is 11.4. The van der Waals surface area contributed by atoms with E-state index in [0.717, 1.165) is 22.1 Å². The average molecular weight is 352 g/mol. The van der Waals surface area contributed by atoms with Gasteiger partial charge in [0, 0.05) is 43.4 Å². The number of aryl methyl sites for hydroxylation is 2. The molecule has 25 heavy (non-hydrogen) atoms. The van der Waals surface area contributed by atoms with Crippen LogP contribution in [0.4, 0.5) is 0 Å². The lowest BCUT2D eigenvalue weighted by Crippen LogP contribution is -2.15. The summed E-state index contributed by atoms with van der Waals surface area (Å²) in [7, 11) is 1.71. The van der Waals surface area contributed by atoms with E-state index < -0.39 is 0 Å². The molecule has 3 heterocycles. The predicted octanol–water partition coefficient (Wildman–Crippen LogP) is 2.34. The van der Waals surface area contributed by atoms with E-state index in [1.807, 2.05) is 46.5 Å². The third kappa shape index (κ3) is 3.03. The Balaban J connectivity index is 1.57. The maximum atomic E-state index is 11.4. The number of thiazole rings is 1. The van der Waals surface area contributed by atoms with E-state index in [1.54, 1.807) is 24.6 Å². The monoisotopic (exact) mass is 352 g/mol. The van der Waals surface area contributed by atoms with Crippen molar-refractivity contribution in [2.24, 2.45) is 7.05 Å². The molecule has 8 heteroatoms. The number of rotatable bonds is 5. The number of nitrogens with one attached hydrogen (secondary N) is 1. The van der Waals surface area contributed by atoms with Crippen molar-refractivity contribution in [3.63, 3.8) is 0 Å². The molecule has 0 radical (unpaired) electrons. The first kappa shape index (κ1) is 15.5. The van der Waals surface area contributed by atoms with Gasteiger partial charge in [-0.25, -0.2) is 19.9 Å². The molecule has 0 unspecified atom stereocenters. The van der Waals surface area contributed by atoms with Crippen molar-refractivity contribution in [2.75, 3.05) is 0 Å². The van der Waals surface area contributed by atoms with Crippen LogP contribution < -0.4 is 5.69 Å². The maximum Gasteiger partial charge on any atom is 0.343 e. The zero-order valence-corrected chi connectivity index (χ0v) is 14.4. The molecule has 0 fully saturated rings. The molecule has 0 saturated heterocycles. The molecule has 1 aromatic carbocycles. The van der Waals surface area contributed by atoms with Gasteiger partial charge in [0.25, 0.3) is 0 Å². The molecular weight excluding hydrogens is 336 g/mol. The van der Waals surface area contributed by atoms with Crippen LogP contribution in [0.25, 0.3) is 22.1 Å². The summed E-state index contributed by atoms with van der Waals surface area (Å²) in [6, 6.07) is 10.1. The standard InChI is InChI=1S/C17H16N6OS/c1-22-14(20-21-17(22)24)7-9-23-10-8-18-15(23)16-19-13(11-25-16)12-5-3-2-4-6-12/h2-6,8,10-11H,7,9H2,1H3,(H,21,24). The Bertz CT molecular complexity index is 1040. The molecule has 0 spiro atoms. The SMILES string of the molecule is Cn1c(CCn2ccnc2-c2nc(-c3ccccc3)cs2)n[nH]c1=O. The molecule has 0 aliphatic rings. The summed E-state index contributed by atoms with van der Waals surface area (Å²) in [6.45, 7) is 0.674. The number of aromatic nitrogens is 6. The molecule has 126 valence electrons. The molecule has 0 atom stereocenters. The van der Waals surface area contributed by atoms with Crippen LogP contribution in [0.2, 0.25) is 0 Å². The summed E-state index contributed by atoms with van der Waals surface area (Å²) in [6.07, 6.45) is 4.32. The topological polar surface area (TPSA) is 81.4 Å². The summed E-state index contributed by atoms with van der Waals surface area (Å²) in [5.41, 5.74) is 1.84. The van der Waals surface area contributed by atoms with Gasteiger partial charge in [-0.3, -0.25) is 4.57 Å². The van der Waals surface area contributed by atoms with Crippen LogP contribution >= 0.6 is 11.3 Å². The van der Waals surface area contributed by atoms with Gasteiger partial charge in [0.2, 0.25) is 0 Å². The third-order valence-electron chi connectivity index (χ3n) is 4.03. The first-order valence-corrected chi connectivity index (χ1v) is 8.73. The van der Waals surface area contributed by atoms with E-state index in [2.05, 4.69) is 15.2 Å². The number of H-pyrrole nitrogens is 1. The minimum Gasteiger partial charge on any atom is -0.329 e. The fourth-order valence-electron chi connectivity index (χ4n) is 2.63. The summed E-state index contributed by atoms with van der Waals surface area (Å²) in [4.78, 5) is 20.6. The van der Waals surface area contributed by atoms with Crippen LogP contribution in [0.15, 0.2) is 52.9 Å². The summed E-state index contributed by atoms with van der Waals surface area (Å²) >= 11 is 1.57. The Hall–Kier alpha value is -3.00. The van der Waals surface area contributed by atoms with E-state index >= 15 is 0 Å². The van der Waals surface area contributed by atoms with Crippen LogP contribution in [-0.4, -0.2) is 29.3 Å². The van der Waals surface area contributed by atoms with Gasteiger partial charge in [0.15, 0.2) is 10.8 Å². The Morgan fingerprint density at radius 2 is 2.08 bits per heavy atom. The Labute approximate surface area is 147 Å². The van der Waals surface area contributed by atoms with Gasteiger partial charge in [-0.2, -0.15) is 5.10 Å². The molecule has 0 amide bonds. The average Bonchev–Trinajstić information content (AvgIpc) is 3.36. The first-order chi connectivity index (χ1) is 12.2. The molecule has 0 aliphatic heterocycles. The largest absolute Gasteiger partial charge is 0.343 e. The molecule has 0 bridgehead atoms. The van der Waals surface area contributed by atoms with Gasteiger partial charge in [-0.1, -0.05) is 30.3 Å². The molecule has 4 rings (SSSR count). The van der Waals surface area contributed by atoms with Crippen molar-refractivity contribution in [3.05, 3.63) is 64.4 Å². The smallest absolute Gasteiger partial charge is 0.329 e. The van der Waals surface area contributed by atoms with Crippen molar-refractivity contribution in [2.45, 2.75) is 13.0 Å². The third-order valence-corrected chi connectivity index (χ3v) is 4.87. The second kappa shape index (κ2) is 6.48. The zero-order chi connectivity index (χ0) is 17.2. The van der Waals surface area contributed by atoms with Crippen molar-refractivity contribution < 1.29 is 0 Å². The Kier molecular flexibility index (Phi) is 4.02. The van der Waals surface area contributed by atoms with Crippen LogP contribution in [-0.2, 0) is 20.0 Å². The summed E-state index contributed by atoms with van der Waals surface area (Å²) in [5.74, 6) is 1.54. The predicted molar refractivity (Wildman–Crippen MR) is 96.3 cm³/mol. The lowest BCUT2D eigenvalue weighted by molar-refractivity contribution is 0.650.